The van der Waals surface area contributed by atoms with E-state index in [1.807, 2.05) is 11.0 Å². The number of para-hydroxylation sites is 1. The minimum atomic E-state index is -0.593. The molecular formula is C32H44N2O4. The summed E-state index contributed by atoms with van der Waals surface area (Å²) >= 11 is 0. The lowest BCUT2D eigenvalue weighted by Crippen LogP contribution is -2.55. The van der Waals surface area contributed by atoms with Crippen molar-refractivity contribution in [3.8, 4) is 0 Å². The molecule has 0 bridgehead atoms. The van der Waals surface area contributed by atoms with Gasteiger partial charge in [-0.15, -0.1) is 0 Å². The van der Waals surface area contributed by atoms with E-state index < -0.39 is 5.41 Å². The topological polar surface area (TPSA) is 59.1 Å². The highest BCUT2D eigenvalue weighted by atomic mass is 16.5. The molecule has 0 N–H and O–H groups in total. The number of carbonyl (C=O) groups excluding carboxylic acids is 2. The highest BCUT2D eigenvalue weighted by Gasteiger charge is 2.62. The third-order valence-electron chi connectivity index (χ3n) is 8.83. The number of fused-ring (bicyclic) bond motifs is 4. The van der Waals surface area contributed by atoms with Gasteiger partial charge in [-0.05, 0) is 76.5 Å². The first-order chi connectivity index (χ1) is 18.3. The van der Waals surface area contributed by atoms with E-state index in [4.69, 9.17) is 9.47 Å². The molecule has 6 nitrogen and oxygen atoms in total. The number of hydrogen-bond acceptors (Lipinski definition) is 5. The van der Waals surface area contributed by atoms with Crippen LogP contribution in [-0.4, -0.2) is 56.7 Å². The molecule has 4 rings (SSSR count). The molecule has 38 heavy (non-hydrogen) atoms. The fourth-order valence-electron chi connectivity index (χ4n) is 7.00. The predicted molar refractivity (Wildman–Crippen MR) is 152 cm³/mol. The number of nitrogens with zero attached hydrogens (tertiary/aromatic N) is 2. The molecule has 1 aromatic rings. The second kappa shape index (κ2) is 11.9. The van der Waals surface area contributed by atoms with Gasteiger partial charge in [0.1, 0.15) is 0 Å². The molecule has 0 aliphatic carbocycles. The van der Waals surface area contributed by atoms with Crippen molar-refractivity contribution in [3.63, 3.8) is 0 Å². The van der Waals surface area contributed by atoms with Gasteiger partial charge in [0, 0.05) is 24.8 Å². The van der Waals surface area contributed by atoms with Crippen LogP contribution in [-0.2, 0) is 24.5 Å². The number of piperidine rings is 1. The molecule has 1 amide bonds. The van der Waals surface area contributed by atoms with E-state index >= 15 is 0 Å². The summed E-state index contributed by atoms with van der Waals surface area (Å²) in [7, 11) is 2.99. The summed E-state index contributed by atoms with van der Waals surface area (Å²) in [6.45, 7) is 10.9. The number of amides is 1. The molecular weight excluding hydrogens is 476 g/mol. The summed E-state index contributed by atoms with van der Waals surface area (Å²) in [6.07, 6.45) is 10.6. The number of anilines is 1. The normalized spacial score (nSPS) is 27.4. The SMILES string of the molecule is CC[C@@H]1CN2CC[C@]3(C(=O)N(C/C(C)=C/CCC=C(C)C)c4ccccc43)[C@@H]2C[C@@H]1/C(=C\OC)C(=O)OC. The Labute approximate surface area is 228 Å². The van der Waals surface area contributed by atoms with Crippen molar-refractivity contribution in [3.05, 3.63) is 65.0 Å². The van der Waals surface area contributed by atoms with Crippen LogP contribution in [0.3, 0.4) is 0 Å². The van der Waals surface area contributed by atoms with Crippen molar-refractivity contribution in [2.75, 3.05) is 38.8 Å². The molecule has 3 aliphatic heterocycles. The lowest BCUT2D eigenvalue weighted by molar-refractivity contribution is -0.137. The summed E-state index contributed by atoms with van der Waals surface area (Å²) in [5.41, 5.74) is 4.70. The van der Waals surface area contributed by atoms with Gasteiger partial charge >= 0.3 is 5.97 Å². The number of ether oxygens (including phenoxy) is 2. The van der Waals surface area contributed by atoms with Crippen LogP contribution in [0.2, 0.25) is 0 Å². The van der Waals surface area contributed by atoms with Crippen LogP contribution in [0.25, 0.3) is 0 Å². The van der Waals surface area contributed by atoms with Gasteiger partial charge in [-0.1, -0.05) is 54.8 Å². The fourth-order valence-corrected chi connectivity index (χ4v) is 7.00. The number of carbonyl (C=O) groups is 2. The molecule has 1 aromatic carbocycles. The van der Waals surface area contributed by atoms with Crippen LogP contribution in [0, 0.1) is 11.8 Å². The van der Waals surface area contributed by atoms with Gasteiger partial charge in [0.15, 0.2) is 0 Å². The maximum Gasteiger partial charge on any atom is 0.337 e. The number of hydrogen-bond donors (Lipinski definition) is 0. The van der Waals surface area contributed by atoms with Crippen molar-refractivity contribution in [1.29, 1.82) is 0 Å². The first-order valence-electron chi connectivity index (χ1n) is 14.0. The van der Waals surface area contributed by atoms with Crippen LogP contribution in [0.15, 0.2) is 59.4 Å². The standard InChI is InChI=1S/C32H44N2O4/c1-7-24-20-33-17-16-32(29(33)18-25(24)26(21-37-5)30(35)38-6)27-14-10-11-15-28(27)34(31(32)36)19-23(4)13-9-8-12-22(2)3/h10-15,21,24-25,29H,7-9,16-20H2,1-6H3/b23-13+,26-21+/t24-,25+,29+,32-/m1/s1. The maximum absolute atomic E-state index is 14.5. The molecule has 3 aliphatic rings. The Hall–Kier alpha value is -2.86. The third-order valence-corrected chi connectivity index (χ3v) is 8.83. The monoisotopic (exact) mass is 520 g/mol. The summed E-state index contributed by atoms with van der Waals surface area (Å²) in [5.74, 6) is 0.141. The smallest absolute Gasteiger partial charge is 0.337 e. The van der Waals surface area contributed by atoms with E-state index in [2.05, 4.69) is 62.9 Å². The average Bonchev–Trinajstić information content (AvgIpc) is 3.40. The second-order valence-electron chi connectivity index (χ2n) is 11.4. The number of rotatable bonds is 9. The van der Waals surface area contributed by atoms with E-state index in [0.29, 0.717) is 18.0 Å². The molecule has 3 heterocycles. The number of allylic oxidation sites excluding steroid dienone is 3. The Morgan fingerprint density at radius 2 is 1.87 bits per heavy atom. The van der Waals surface area contributed by atoms with Gasteiger partial charge in [-0.3, -0.25) is 9.69 Å². The Balaban J connectivity index is 1.67. The summed E-state index contributed by atoms with van der Waals surface area (Å²) < 4.78 is 10.5. The molecule has 0 radical (unpaired) electrons. The highest BCUT2D eigenvalue weighted by molar-refractivity contribution is 6.09. The molecule has 2 saturated heterocycles. The third kappa shape index (κ3) is 5.07. The molecule has 6 heteroatoms. The molecule has 0 unspecified atom stereocenters. The van der Waals surface area contributed by atoms with Gasteiger partial charge in [0.2, 0.25) is 5.91 Å². The van der Waals surface area contributed by atoms with E-state index in [1.54, 1.807) is 13.4 Å². The van der Waals surface area contributed by atoms with Crippen molar-refractivity contribution in [2.45, 2.75) is 71.3 Å². The zero-order valence-corrected chi connectivity index (χ0v) is 24.0. The lowest BCUT2D eigenvalue weighted by atomic mass is 9.67. The molecule has 206 valence electrons. The highest BCUT2D eigenvalue weighted by Crippen LogP contribution is 2.55. The fraction of sp³-hybridized carbons (Fsp3) is 0.562. The van der Waals surface area contributed by atoms with Crippen LogP contribution in [0.5, 0.6) is 0 Å². The van der Waals surface area contributed by atoms with Crippen LogP contribution >= 0.6 is 0 Å². The van der Waals surface area contributed by atoms with Crippen LogP contribution in [0.4, 0.5) is 5.69 Å². The van der Waals surface area contributed by atoms with Crippen molar-refractivity contribution < 1.29 is 19.1 Å². The zero-order chi connectivity index (χ0) is 27.4. The number of benzene rings is 1. The summed E-state index contributed by atoms with van der Waals surface area (Å²) in [4.78, 5) is 31.8. The van der Waals surface area contributed by atoms with E-state index in [1.165, 1.54) is 18.3 Å². The average molecular weight is 521 g/mol. The molecule has 0 saturated carbocycles. The van der Waals surface area contributed by atoms with Crippen molar-refractivity contribution in [1.82, 2.24) is 4.90 Å². The van der Waals surface area contributed by atoms with E-state index in [0.717, 1.165) is 56.4 Å². The number of methoxy groups -OCH3 is 2. The molecule has 1 spiro atoms. The zero-order valence-electron chi connectivity index (χ0n) is 24.0. The molecule has 2 fully saturated rings. The number of esters is 1. The first-order valence-corrected chi connectivity index (χ1v) is 14.0. The summed E-state index contributed by atoms with van der Waals surface area (Å²) in [6, 6.07) is 8.37. The Bertz CT molecular complexity index is 1130. The Kier molecular flexibility index (Phi) is 8.81. The second-order valence-corrected chi connectivity index (χ2v) is 11.4. The lowest BCUT2D eigenvalue weighted by Gasteiger charge is -2.45. The van der Waals surface area contributed by atoms with Crippen LogP contribution < -0.4 is 4.90 Å². The van der Waals surface area contributed by atoms with E-state index in [9.17, 15) is 9.59 Å². The van der Waals surface area contributed by atoms with Crippen LogP contribution in [0.1, 0.15) is 65.4 Å². The van der Waals surface area contributed by atoms with Gasteiger partial charge in [0.25, 0.3) is 0 Å². The first kappa shape index (κ1) is 28.2. The van der Waals surface area contributed by atoms with Gasteiger partial charge in [0.05, 0.1) is 31.5 Å². The van der Waals surface area contributed by atoms with E-state index in [-0.39, 0.29) is 23.8 Å². The Morgan fingerprint density at radius 1 is 1.13 bits per heavy atom. The molecule has 0 aromatic heterocycles. The predicted octanol–water partition coefficient (Wildman–Crippen LogP) is 5.79. The van der Waals surface area contributed by atoms with Gasteiger partial charge in [-0.2, -0.15) is 0 Å². The molecule has 4 atom stereocenters. The largest absolute Gasteiger partial charge is 0.504 e. The minimum absolute atomic E-state index is 0.0191. The maximum atomic E-state index is 14.5. The Morgan fingerprint density at radius 3 is 2.55 bits per heavy atom. The van der Waals surface area contributed by atoms with Crippen molar-refractivity contribution >= 4 is 17.6 Å². The van der Waals surface area contributed by atoms with Gasteiger partial charge < -0.3 is 14.4 Å². The minimum Gasteiger partial charge on any atom is -0.504 e. The number of unbranched alkanes of at least 4 members (excludes halogenated alkanes) is 1. The van der Waals surface area contributed by atoms with Crippen molar-refractivity contribution in [2.24, 2.45) is 11.8 Å². The summed E-state index contributed by atoms with van der Waals surface area (Å²) in [5, 5.41) is 0. The quantitative estimate of drug-likeness (QED) is 0.136. The van der Waals surface area contributed by atoms with Gasteiger partial charge in [-0.25, -0.2) is 4.79 Å².